The summed E-state index contributed by atoms with van der Waals surface area (Å²) in [6.45, 7) is 2.04. The molecule has 0 radical (unpaired) electrons. The zero-order valence-electron chi connectivity index (χ0n) is 15.8. The van der Waals surface area contributed by atoms with Gasteiger partial charge in [0, 0.05) is 23.1 Å². The molecular formula is C22H20ClN3O3. The highest BCUT2D eigenvalue weighted by molar-refractivity contribution is 6.30. The molecule has 1 unspecified atom stereocenters. The van der Waals surface area contributed by atoms with Gasteiger partial charge in [0.05, 0.1) is 11.6 Å². The van der Waals surface area contributed by atoms with E-state index in [4.69, 9.17) is 16.3 Å². The lowest BCUT2D eigenvalue weighted by Gasteiger charge is -2.15. The van der Waals surface area contributed by atoms with E-state index in [1.54, 1.807) is 54.7 Å². The smallest absolute Gasteiger partial charge is 0.411 e. The Morgan fingerprint density at radius 3 is 2.45 bits per heavy atom. The van der Waals surface area contributed by atoms with Gasteiger partial charge in [0.15, 0.2) is 0 Å². The number of nitrogens with zero attached hydrogens (tertiary/aromatic N) is 1. The van der Waals surface area contributed by atoms with Crippen molar-refractivity contribution in [1.29, 1.82) is 0 Å². The number of aromatic nitrogens is 1. The number of anilines is 1. The molecule has 148 valence electrons. The number of benzene rings is 2. The molecule has 0 spiro atoms. The zero-order chi connectivity index (χ0) is 20.6. The number of carbonyl (C=O) groups is 2. The Hall–Kier alpha value is -3.38. The number of hydrogen-bond acceptors (Lipinski definition) is 4. The van der Waals surface area contributed by atoms with Crippen molar-refractivity contribution in [2.75, 3.05) is 5.32 Å². The summed E-state index contributed by atoms with van der Waals surface area (Å²) in [6, 6.07) is 17.5. The van der Waals surface area contributed by atoms with Crippen LogP contribution in [-0.4, -0.2) is 17.0 Å². The first-order valence-corrected chi connectivity index (χ1v) is 9.38. The Bertz CT molecular complexity index is 961. The summed E-state index contributed by atoms with van der Waals surface area (Å²) in [5.74, 6) is -0.196. The summed E-state index contributed by atoms with van der Waals surface area (Å²) < 4.78 is 5.20. The number of amides is 2. The van der Waals surface area contributed by atoms with Crippen molar-refractivity contribution in [1.82, 2.24) is 10.3 Å². The van der Waals surface area contributed by atoms with E-state index in [-0.39, 0.29) is 18.6 Å². The van der Waals surface area contributed by atoms with Gasteiger partial charge in [0.25, 0.3) is 5.91 Å². The van der Waals surface area contributed by atoms with Crippen molar-refractivity contribution in [2.45, 2.75) is 19.6 Å². The molecule has 2 N–H and O–H groups in total. The molecule has 3 rings (SSSR count). The molecule has 2 amide bonds. The van der Waals surface area contributed by atoms with Gasteiger partial charge in [-0.2, -0.15) is 0 Å². The summed E-state index contributed by atoms with van der Waals surface area (Å²) in [5, 5.41) is 6.22. The molecule has 1 atom stereocenters. The van der Waals surface area contributed by atoms with Gasteiger partial charge in [-0.1, -0.05) is 35.9 Å². The fourth-order valence-electron chi connectivity index (χ4n) is 2.60. The fourth-order valence-corrected chi connectivity index (χ4v) is 2.72. The monoisotopic (exact) mass is 409 g/mol. The van der Waals surface area contributed by atoms with Gasteiger partial charge >= 0.3 is 6.09 Å². The van der Waals surface area contributed by atoms with E-state index in [0.29, 0.717) is 16.3 Å². The van der Waals surface area contributed by atoms with Gasteiger partial charge in [0.1, 0.15) is 6.61 Å². The maximum absolute atomic E-state index is 12.2. The predicted molar refractivity (Wildman–Crippen MR) is 112 cm³/mol. The minimum atomic E-state index is -0.550. The summed E-state index contributed by atoms with van der Waals surface area (Å²) in [7, 11) is 0. The molecule has 1 aromatic heterocycles. The minimum Gasteiger partial charge on any atom is -0.444 e. The number of rotatable bonds is 6. The molecule has 0 saturated carbocycles. The van der Waals surface area contributed by atoms with Crippen LogP contribution in [0.5, 0.6) is 0 Å². The van der Waals surface area contributed by atoms with Crippen LogP contribution in [0.25, 0.3) is 0 Å². The number of nitrogens with one attached hydrogen (secondary N) is 2. The predicted octanol–water partition coefficient (Wildman–Crippen LogP) is 4.97. The lowest BCUT2D eigenvalue weighted by molar-refractivity contribution is 0.0939. The van der Waals surface area contributed by atoms with Gasteiger partial charge in [-0.3, -0.25) is 15.1 Å². The average Bonchev–Trinajstić information content (AvgIpc) is 2.74. The van der Waals surface area contributed by atoms with Crippen LogP contribution in [0.3, 0.4) is 0 Å². The first-order valence-electron chi connectivity index (χ1n) is 9.00. The second kappa shape index (κ2) is 9.71. The van der Waals surface area contributed by atoms with Gasteiger partial charge in [0.2, 0.25) is 0 Å². The summed E-state index contributed by atoms with van der Waals surface area (Å²) in [5.41, 5.74) is 2.85. The second-order valence-electron chi connectivity index (χ2n) is 6.39. The van der Waals surface area contributed by atoms with E-state index >= 15 is 0 Å². The normalized spacial score (nSPS) is 11.4. The fraction of sp³-hybridized carbons (Fsp3) is 0.136. The molecule has 0 aliphatic rings. The Morgan fingerprint density at radius 2 is 1.79 bits per heavy atom. The highest BCUT2D eigenvalue weighted by atomic mass is 35.5. The van der Waals surface area contributed by atoms with Crippen molar-refractivity contribution < 1.29 is 14.3 Å². The van der Waals surface area contributed by atoms with E-state index < -0.39 is 6.09 Å². The van der Waals surface area contributed by atoms with Crippen molar-refractivity contribution in [3.8, 4) is 0 Å². The molecule has 0 bridgehead atoms. The lowest BCUT2D eigenvalue weighted by Crippen LogP contribution is -2.26. The molecule has 0 aliphatic heterocycles. The first-order chi connectivity index (χ1) is 14.0. The number of pyridine rings is 1. The van der Waals surface area contributed by atoms with E-state index in [0.717, 1.165) is 11.1 Å². The molecule has 3 aromatic rings. The summed E-state index contributed by atoms with van der Waals surface area (Å²) in [6.07, 6.45) is 2.59. The second-order valence-corrected chi connectivity index (χ2v) is 6.82. The standard InChI is InChI=1S/C22H20ClN3O3/c1-15(25-21(27)18-3-2-12-24-13-18)17-6-10-20(11-7-17)26-22(28)29-14-16-4-8-19(23)9-5-16/h2-13,15H,14H2,1H3,(H,25,27)(H,26,28). The number of halogens is 1. The molecule has 0 saturated heterocycles. The number of hydrogen-bond donors (Lipinski definition) is 2. The summed E-state index contributed by atoms with van der Waals surface area (Å²) in [4.78, 5) is 28.1. The average molecular weight is 410 g/mol. The third-order valence-electron chi connectivity index (χ3n) is 4.21. The van der Waals surface area contributed by atoms with Gasteiger partial charge in [-0.15, -0.1) is 0 Å². The van der Waals surface area contributed by atoms with Crippen LogP contribution >= 0.6 is 11.6 Å². The van der Waals surface area contributed by atoms with E-state index in [1.165, 1.54) is 6.20 Å². The Labute approximate surface area is 173 Å². The zero-order valence-corrected chi connectivity index (χ0v) is 16.5. The molecule has 0 fully saturated rings. The number of carbonyl (C=O) groups excluding carboxylic acids is 2. The molecule has 2 aromatic carbocycles. The van der Waals surface area contributed by atoms with Crippen LogP contribution in [-0.2, 0) is 11.3 Å². The molecule has 7 heteroatoms. The highest BCUT2D eigenvalue weighted by Gasteiger charge is 2.12. The van der Waals surface area contributed by atoms with Crippen LogP contribution in [0.15, 0.2) is 73.1 Å². The van der Waals surface area contributed by atoms with Crippen LogP contribution in [0.1, 0.15) is 34.5 Å². The Balaban J connectivity index is 1.50. The van der Waals surface area contributed by atoms with E-state index in [1.807, 2.05) is 19.1 Å². The lowest BCUT2D eigenvalue weighted by atomic mass is 10.1. The van der Waals surface area contributed by atoms with Crippen molar-refractivity contribution in [2.24, 2.45) is 0 Å². The third-order valence-corrected chi connectivity index (χ3v) is 4.46. The SMILES string of the molecule is CC(NC(=O)c1cccnc1)c1ccc(NC(=O)OCc2ccc(Cl)cc2)cc1. The highest BCUT2D eigenvalue weighted by Crippen LogP contribution is 2.17. The maximum Gasteiger partial charge on any atom is 0.411 e. The van der Waals surface area contributed by atoms with Crippen LogP contribution in [0.2, 0.25) is 5.02 Å². The van der Waals surface area contributed by atoms with Gasteiger partial charge in [-0.05, 0) is 54.4 Å². The largest absolute Gasteiger partial charge is 0.444 e. The maximum atomic E-state index is 12.2. The minimum absolute atomic E-state index is 0.151. The molecule has 29 heavy (non-hydrogen) atoms. The van der Waals surface area contributed by atoms with E-state index in [2.05, 4.69) is 15.6 Å². The van der Waals surface area contributed by atoms with Crippen LogP contribution in [0, 0.1) is 0 Å². The van der Waals surface area contributed by atoms with Crippen LogP contribution < -0.4 is 10.6 Å². The van der Waals surface area contributed by atoms with Crippen molar-refractivity contribution in [3.63, 3.8) is 0 Å². The first kappa shape index (κ1) is 20.4. The van der Waals surface area contributed by atoms with E-state index in [9.17, 15) is 9.59 Å². The topological polar surface area (TPSA) is 80.3 Å². The van der Waals surface area contributed by atoms with Crippen LogP contribution in [0.4, 0.5) is 10.5 Å². The number of ether oxygens (including phenoxy) is 1. The van der Waals surface area contributed by atoms with Gasteiger partial charge in [-0.25, -0.2) is 4.79 Å². The van der Waals surface area contributed by atoms with Gasteiger partial charge < -0.3 is 10.1 Å². The summed E-state index contributed by atoms with van der Waals surface area (Å²) >= 11 is 5.83. The third kappa shape index (κ3) is 6.05. The Morgan fingerprint density at radius 1 is 1.07 bits per heavy atom. The molecule has 6 nitrogen and oxygen atoms in total. The van der Waals surface area contributed by atoms with Crippen molar-refractivity contribution >= 4 is 29.3 Å². The molecule has 1 heterocycles. The Kier molecular flexibility index (Phi) is 6.81. The van der Waals surface area contributed by atoms with Crippen molar-refractivity contribution in [3.05, 3.63) is 94.8 Å². The molecular weight excluding hydrogens is 390 g/mol. The quantitative estimate of drug-likeness (QED) is 0.602. The molecule has 0 aliphatic carbocycles.